The van der Waals surface area contributed by atoms with Crippen molar-refractivity contribution in [2.24, 2.45) is 0 Å². The predicted molar refractivity (Wildman–Crippen MR) is 84.7 cm³/mol. The summed E-state index contributed by atoms with van der Waals surface area (Å²) in [6.07, 6.45) is 4.45. The van der Waals surface area contributed by atoms with E-state index < -0.39 is 0 Å². The van der Waals surface area contributed by atoms with Crippen molar-refractivity contribution in [1.82, 2.24) is 5.06 Å². The molecule has 21 heavy (non-hydrogen) atoms. The third-order valence-electron chi connectivity index (χ3n) is 4.33. The van der Waals surface area contributed by atoms with Gasteiger partial charge in [-0.3, -0.25) is 4.79 Å². The first-order valence-electron chi connectivity index (χ1n) is 7.86. The molecule has 0 amide bonds. The van der Waals surface area contributed by atoms with Gasteiger partial charge in [-0.1, -0.05) is 30.3 Å². The summed E-state index contributed by atoms with van der Waals surface area (Å²) in [6.45, 7) is 8.60. The van der Waals surface area contributed by atoms with Crippen molar-refractivity contribution in [2.45, 2.75) is 70.9 Å². The summed E-state index contributed by atoms with van der Waals surface area (Å²) >= 11 is 0. The fourth-order valence-electron chi connectivity index (χ4n) is 3.26. The average molecular weight is 289 g/mol. The van der Waals surface area contributed by atoms with E-state index in [1.807, 2.05) is 35.4 Å². The van der Waals surface area contributed by atoms with Gasteiger partial charge in [0, 0.05) is 0 Å². The molecular formula is C18H27NO2. The second kappa shape index (κ2) is 6.18. The van der Waals surface area contributed by atoms with Crippen LogP contribution in [0.1, 0.15) is 58.9 Å². The molecule has 0 aromatic heterocycles. The van der Waals surface area contributed by atoms with Crippen molar-refractivity contribution in [2.75, 3.05) is 0 Å². The first-order chi connectivity index (χ1) is 9.81. The first kappa shape index (κ1) is 16.0. The number of nitrogens with zero attached hydrogens (tertiary/aromatic N) is 1. The van der Waals surface area contributed by atoms with Gasteiger partial charge in [0.25, 0.3) is 0 Å². The van der Waals surface area contributed by atoms with Gasteiger partial charge in [0.05, 0.1) is 17.5 Å². The van der Waals surface area contributed by atoms with Crippen molar-refractivity contribution in [1.29, 1.82) is 0 Å². The Morgan fingerprint density at radius 2 is 1.67 bits per heavy atom. The van der Waals surface area contributed by atoms with Crippen LogP contribution in [0.2, 0.25) is 0 Å². The Bertz CT molecular complexity index is 463. The number of hydrogen-bond donors (Lipinski definition) is 0. The first-order valence-corrected chi connectivity index (χ1v) is 7.86. The molecule has 1 heterocycles. The lowest BCUT2D eigenvalue weighted by atomic mass is 9.82. The van der Waals surface area contributed by atoms with Gasteiger partial charge in [-0.25, -0.2) is 0 Å². The van der Waals surface area contributed by atoms with E-state index >= 15 is 0 Å². The van der Waals surface area contributed by atoms with Crippen molar-refractivity contribution >= 4 is 5.97 Å². The highest BCUT2D eigenvalue weighted by atomic mass is 16.7. The molecule has 2 rings (SSSR count). The minimum atomic E-state index is -0.137. The Labute approximate surface area is 128 Å². The van der Waals surface area contributed by atoms with E-state index in [-0.39, 0.29) is 17.0 Å². The zero-order valence-corrected chi connectivity index (χ0v) is 13.7. The highest BCUT2D eigenvalue weighted by Gasteiger charge is 2.44. The largest absolute Gasteiger partial charge is 0.367 e. The minimum absolute atomic E-state index is 0.0931. The van der Waals surface area contributed by atoms with Crippen LogP contribution in [0.25, 0.3) is 0 Å². The number of aryl methyl sites for hydroxylation is 1. The maximum Gasteiger partial charge on any atom is 0.325 e. The number of hydroxylamine groups is 2. The van der Waals surface area contributed by atoms with Crippen LogP contribution in [0.15, 0.2) is 30.3 Å². The van der Waals surface area contributed by atoms with Gasteiger partial charge in [0.2, 0.25) is 0 Å². The lowest BCUT2D eigenvalue weighted by molar-refractivity contribution is -0.265. The molecule has 3 heteroatoms. The number of piperidine rings is 1. The molecule has 0 radical (unpaired) electrons. The van der Waals surface area contributed by atoms with Gasteiger partial charge in [0.15, 0.2) is 0 Å². The molecule has 116 valence electrons. The van der Waals surface area contributed by atoms with E-state index in [9.17, 15) is 4.79 Å². The molecule has 1 fully saturated rings. The quantitative estimate of drug-likeness (QED) is 0.835. The Balaban J connectivity index is 1.94. The summed E-state index contributed by atoms with van der Waals surface area (Å²) in [5.74, 6) is -0.137. The molecule has 0 spiro atoms. The van der Waals surface area contributed by atoms with E-state index in [1.165, 1.54) is 12.0 Å². The van der Waals surface area contributed by atoms with Crippen molar-refractivity contribution in [3.63, 3.8) is 0 Å². The normalized spacial score (nSPS) is 21.0. The van der Waals surface area contributed by atoms with Crippen molar-refractivity contribution in [3.8, 4) is 0 Å². The van der Waals surface area contributed by atoms with Crippen molar-refractivity contribution in [3.05, 3.63) is 35.9 Å². The zero-order chi connectivity index (χ0) is 15.5. The van der Waals surface area contributed by atoms with Gasteiger partial charge in [-0.15, -0.1) is 5.06 Å². The van der Waals surface area contributed by atoms with Crippen LogP contribution in [-0.2, 0) is 16.1 Å². The molecule has 0 unspecified atom stereocenters. The van der Waals surface area contributed by atoms with E-state index in [4.69, 9.17) is 4.84 Å². The fraction of sp³-hybridized carbons (Fsp3) is 0.611. The van der Waals surface area contributed by atoms with Crippen LogP contribution >= 0.6 is 0 Å². The third kappa shape index (κ3) is 4.07. The molecule has 0 saturated carbocycles. The van der Waals surface area contributed by atoms with Crippen LogP contribution in [-0.4, -0.2) is 22.1 Å². The number of benzene rings is 1. The summed E-state index contributed by atoms with van der Waals surface area (Å²) in [5, 5.41) is 1.93. The van der Waals surface area contributed by atoms with Gasteiger partial charge in [-0.2, -0.15) is 0 Å². The maximum atomic E-state index is 12.2. The van der Waals surface area contributed by atoms with E-state index in [0.29, 0.717) is 6.42 Å². The fourth-order valence-corrected chi connectivity index (χ4v) is 3.26. The summed E-state index contributed by atoms with van der Waals surface area (Å²) in [4.78, 5) is 17.9. The topological polar surface area (TPSA) is 29.5 Å². The highest BCUT2D eigenvalue weighted by molar-refractivity contribution is 5.69. The number of rotatable bonds is 4. The Morgan fingerprint density at radius 3 is 2.24 bits per heavy atom. The molecule has 1 aromatic rings. The highest BCUT2D eigenvalue weighted by Crippen LogP contribution is 2.38. The van der Waals surface area contributed by atoms with Crippen LogP contribution in [0.3, 0.4) is 0 Å². The number of carbonyl (C=O) groups excluding carboxylic acids is 1. The molecule has 1 aliphatic rings. The van der Waals surface area contributed by atoms with E-state index in [1.54, 1.807) is 0 Å². The van der Waals surface area contributed by atoms with Crippen LogP contribution in [0.5, 0.6) is 0 Å². The smallest absolute Gasteiger partial charge is 0.325 e. The molecule has 1 aliphatic heterocycles. The molecule has 1 aromatic carbocycles. The summed E-state index contributed by atoms with van der Waals surface area (Å²) in [6, 6.07) is 10.1. The van der Waals surface area contributed by atoms with Crippen LogP contribution < -0.4 is 0 Å². The Kier molecular flexibility index (Phi) is 4.72. The van der Waals surface area contributed by atoms with Crippen molar-refractivity contribution < 1.29 is 9.63 Å². The van der Waals surface area contributed by atoms with Gasteiger partial charge in [0.1, 0.15) is 0 Å². The second-order valence-corrected chi connectivity index (χ2v) is 7.22. The molecule has 0 atom stereocenters. The van der Waals surface area contributed by atoms with E-state index in [0.717, 1.165) is 19.3 Å². The van der Waals surface area contributed by atoms with Gasteiger partial charge >= 0.3 is 5.97 Å². The SMILES string of the molecule is CC1(C)CCCC(C)(C)N1OC(=O)CCc1ccccc1. The summed E-state index contributed by atoms with van der Waals surface area (Å²) < 4.78 is 0. The molecule has 1 saturated heterocycles. The van der Waals surface area contributed by atoms with Gasteiger partial charge in [-0.05, 0) is 58.9 Å². The predicted octanol–water partition coefficient (Wildman–Crippen LogP) is 4.12. The average Bonchev–Trinajstić information content (AvgIpc) is 2.41. The molecule has 0 aliphatic carbocycles. The summed E-state index contributed by atoms with van der Waals surface area (Å²) in [5.41, 5.74) is 0.987. The standard InChI is InChI=1S/C18H27NO2/c1-17(2)13-8-14-18(3,4)19(17)21-16(20)12-11-15-9-6-5-7-10-15/h5-7,9-10H,8,11-14H2,1-4H3. The third-order valence-corrected chi connectivity index (χ3v) is 4.33. The van der Waals surface area contributed by atoms with Crippen LogP contribution in [0, 0.1) is 0 Å². The van der Waals surface area contributed by atoms with E-state index in [2.05, 4.69) is 27.7 Å². The van der Waals surface area contributed by atoms with Gasteiger partial charge < -0.3 is 4.84 Å². The summed E-state index contributed by atoms with van der Waals surface area (Å²) in [7, 11) is 0. The maximum absolute atomic E-state index is 12.2. The lowest BCUT2D eigenvalue weighted by Gasteiger charge is -2.50. The minimum Gasteiger partial charge on any atom is -0.367 e. The Hall–Kier alpha value is -1.35. The molecular weight excluding hydrogens is 262 g/mol. The molecule has 3 nitrogen and oxygen atoms in total. The monoisotopic (exact) mass is 289 g/mol. The zero-order valence-electron chi connectivity index (χ0n) is 13.7. The number of carbonyl (C=O) groups is 1. The number of hydrogen-bond acceptors (Lipinski definition) is 3. The second-order valence-electron chi connectivity index (χ2n) is 7.22. The molecule has 0 N–H and O–H groups in total. The molecule has 0 bridgehead atoms. The van der Waals surface area contributed by atoms with Crippen LogP contribution in [0.4, 0.5) is 0 Å². The Morgan fingerprint density at radius 1 is 1.10 bits per heavy atom. The lowest BCUT2D eigenvalue weighted by Crippen LogP contribution is -2.58.